The molecule has 33 heavy (non-hydrogen) atoms. The van der Waals surface area contributed by atoms with Gasteiger partial charge in [-0.25, -0.2) is 4.79 Å². The Morgan fingerprint density at radius 2 is 1.82 bits per heavy atom. The molecule has 174 valence electrons. The van der Waals surface area contributed by atoms with Gasteiger partial charge in [0.05, 0.1) is 0 Å². The Morgan fingerprint density at radius 3 is 2.45 bits per heavy atom. The van der Waals surface area contributed by atoms with Gasteiger partial charge in [0.15, 0.2) is 6.61 Å². The van der Waals surface area contributed by atoms with Crippen LogP contribution in [-0.2, 0) is 19.1 Å². The Balaban J connectivity index is 1.54. The van der Waals surface area contributed by atoms with E-state index in [2.05, 4.69) is 10.6 Å². The third kappa shape index (κ3) is 6.41. The number of aryl methyl sites for hydroxylation is 1. The van der Waals surface area contributed by atoms with Crippen LogP contribution in [0.15, 0.2) is 48.5 Å². The van der Waals surface area contributed by atoms with Gasteiger partial charge in [-0.05, 0) is 49.6 Å². The summed E-state index contributed by atoms with van der Waals surface area (Å²) in [7, 11) is 0. The maximum absolute atomic E-state index is 12.6. The number of hydrogen-bond acceptors (Lipinski definition) is 5. The highest BCUT2D eigenvalue weighted by Gasteiger charge is 2.27. The number of nitrogens with zero attached hydrogens (tertiary/aromatic N) is 1. The van der Waals surface area contributed by atoms with E-state index < -0.39 is 24.5 Å². The van der Waals surface area contributed by atoms with Crippen molar-refractivity contribution >= 4 is 35.1 Å². The number of hydrogen-bond donors (Lipinski definition) is 2. The number of benzene rings is 2. The maximum Gasteiger partial charge on any atom is 0.329 e. The van der Waals surface area contributed by atoms with Crippen molar-refractivity contribution in [2.24, 2.45) is 5.92 Å². The zero-order valence-corrected chi connectivity index (χ0v) is 19.1. The van der Waals surface area contributed by atoms with Gasteiger partial charge in [0.1, 0.15) is 6.04 Å². The topological polar surface area (TPSA) is 105 Å². The first-order valence-electron chi connectivity index (χ1n) is 11.0. The minimum absolute atomic E-state index is 0.0554. The number of esters is 1. The second-order valence-electron chi connectivity index (χ2n) is 8.42. The maximum atomic E-state index is 12.6. The molecule has 0 bridgehead atoms. The van der Waals surface area contributed by atoms with Gasteiger partial charge in [0.25, 0.3) is 11.8 Å². The number of rotatable bonds is 8. The quantitative estimate of drug-likeness (QED) is 0.600. The van der Waals surface area contributed by atoms with Crippen molar-refractivity contribution in [1.82, 2.24) is 5.32 Å². The van der Waals surface area contributed by atoms with E-state index in [1.54, 1.807) is 49.1 Å². The van der Waals surface area contributed by atoms with Crippen molar-refractivity contribution in [1.29, 1.82) is 0 Å². The summed E-state index contributed by atoms with van der Waals surface area (Å²) < 4.78 is 5.17. The van der Waals surface area contributed by atoms with E-state index in [1.807, 2.05) is 25.1 Å². The Morgan fingerprint density at radius 1 is 1.09 bits per heavy atom. The van der Waals surface area contributed by atoms with E-state index in [0.717, 1.165) is 12.0 Å². The molecular weight excluding hydrogens is 422 g/mol. The second kappa shape index (κ2) is 10.8. The van der Waals surface area contributed by atoms with Gasteiger partial charge in [-0.15, -0.1) is 0 Å². The molecule has 8 nitrogen and oxygen atoms in total. The van der Waals surface area contributed by atoms with Crippen LogP contribution in [0.4, 0.5) is 11.4 Å². The molecule has 0 saturated carbocycles. The first-order chi connectivity index (χ1) is 15.7. The molecule has 1 aliphatic heterocycles. The largest absolute Gasteiger partial charge is 0.454 e. The fourth-order valence-electron chi connectivity index (χ4n) is 3.52. The van der Waals surface area contributed by atoms with Gasteiger partial charge < -0.3 is 20.3 Å². The van der Waals surface area contributed by atoms with E-state index in [9.17, 15) is 19.2 Å². The predicted octanol–water partition coefficient (Wildman–Crippen LogP) is 3.06. The summed E-state index contributed by atoms with van der Waals surface area (Å²) in [6.45, 7) is 5.65. The molecule has 3 rings (SSSR count). The molecular formula is C25H29N3O5. The van der Waals surface area contributed by atoms with E-state index in [0.29, 0.717) is 29.9 Å². The van der Waals surface area contributed by atoms with Crippen LogP contribution in [0.5, 0.6) is 0 Å². The molecule has 1 fully saturated rings. The van der Waals surface area contributed by atoms with Crippen molar-refractivity contribution < 1.29 is 23.9 Å². The lowest BCUT2D eigenvalue weighted by Crippen LogP contribution is -2.45. The van der Waals surface area contributed by atoms with Crippen LogP contribution in [-0.4, -0.2) is 42.9 Å². The molecule has 0 spiro atoms. The van der Waals surface area contributed by atoms with Gasteiger partial charge in [0.2, 0.25) is 5.91 Å². The molecule has 0 aliphatic carbocycles. The molecule has 0 unspecified atom stereocenters. The number of carbonyl (C=O) groups excluding carboxylic acids is 4. The predicted molar refractivity (Wildman–Crippen MR) is 125 cm³/mol. The van der Waals surface area contributed by atoms with Gasteiger partial charge in [-0.1, -0.05) is 37.6 Å². The lowest BCUT2D eigenvalue weighted by Gasteiger charge is -2.21. The molecule has 0 aromatic heterocycles. The first-order valence-corrected chi connectivity index (χ1v) is 11.0. The molecule has 2 aromatic rings. The number of amides is 3. The van der Waals surface area contributed by atoms with Crippen LogP contribution in [0.25, 0.3) is 0 Å². The number of anilines is 2. The lowest BCUT2D eigenvalue weighted by atomic mass is 10.0. The van der Waals surface area contributed by atoms with Crippen LogP contribution >= 0.6 is 0 Å². The third-order valence-electron chi connectivity index (χ3n) is 5.38. The second-order valence-corrected chi connectivity index (χ2v) is 8.42. The van der Waals surface area contributed by atoms with Gasteiger partial charge in [-0.2, -0.15) is 0 Å². The van der Waals surface area contributed by atoms with E-state index in [4.69, 9.17) is 4.74 Å². The summed E-state index contributed by atoms with van der Waals surface area (Å²) in [6, 6.07) is 13.1. The Hall–Kier alpha value is -3.68. The van der Waals surface area contributed by atoms with Crippen LogP contribution < -0.4 is 15.5 Å². The standard InChI is InChI=1S/C25H29N3O5/c1-16(2)23(27-24(31)18-11-9-17(3)10-12-18)25(32)33-15-21(29)26-19-6-4-7-20(14-19)28-13-5-8-22(28)30/h4,6-7,9-12,14,16,23H,5,8,13,15H2,1-3H3,(H,26,29)(H,27,31)/t23-/m0/s1. The van der Waals surface area contributed by atoms with Gasteiger partial charge in [-0.3, -0.25) is 14.4 Å². The average molecular weight is 452 g/mol. The van der Waals surface area contributed by atoms with Gasteiger partial charge in [0, 0.05) is 29.9 Å². The van der Waals surface area contributed by atoms with Crippen molar-refractivity contribution in [3.8, 4) is 0 Å². The number of nitrogens with one attached hydrogen (secondary N) is 2. The molecule has 1 heterocycles. The minimum atomic E-state index is -0.892. The molecule has 2 aromatic carbocycles. The molecule has 8 heteroatoms. The third-order valence-corrected chi connectivity index (χ3v) is 5.38. The van der Waals surface area contributed by atoms with Crippen LogP contribution in [0.2, 0.25) is 0 Å². The van der Waals surface area contributed by atoms with Crippen molar-refractivity contribution in [2.45, 2.75) is 39.7 Å². The molecule has 1 aliphatic rings. The number of ether oxygens (including phenoxy) is 1. The van der Waals surface area contributed by atoms with E-state index in [-0.39, 0.29) is 17.7 Å². The highest BCUT2D eigenvalue weighted by molar-refractivity contribution is 5.98. The molecule has 2 N–H and O–H groups in total. The monoisotopic (exact) mass is 451 g/mol. The fourth-order valence-corrected chi connectivity index (χ4v) is 3.52. The highest BCUT2D eigenvalue weighted by Crippen LogP contribution is 2.24. The lowest BCUT2D eigenvalue weighted by molar-refractivity contribution is -0.150. The average Bonchev–Trinajstić information content (AvgIpc) is 3.22. The van der Waals surface area contributed by atoms with Crippen molar-refractivity contribution in [2.75, 3.05) is 23.4 Å². The summed E-state index contributed by atoms with van der Waals surface area (Å²) in [5, 5.41) is 5.36. The summed E-state index contributed by atoms with van der Waals surface area (Å²) in [6.07, 6.45) is 1.33. The Kier molecular flexibility index (Phi) is 7.82. The normalized spacial score (nSPS) is 14.2. The summed E-state index contributed by atoms with van der Waals surface area (Å²) in [4.78, 5) is 51.0. The summed E-state index contributed by atoms with van der Waals surface area (Å²) >= 11 is 0. The first kappa shape index (κ1) is 24.0. The van der Waals surface area contributed by atoms with Crippen LogP contribution in [0.1, 0.15) is 42.6 Å². The van der Waals surface area contributed by atoms with E-state index >= 15 is 0 Å². The van der Waals surface area contributed by atoms with E-state index in [1.165, 1.54) is 0 Å². The zero-order valence-electron chi connectivity index (χ0n) is 19.1. The summed E-state index contributed by atoms with van der Waals surface area (Å²) in [5.74, 6) is -1.76. The zero-order chi connectivity index (χ0) is 24.0. The van der Waals surface area contributed by atoms with Crippen molar-refractivity contribution in [3.63, 3.8) is 0 Å². The minimum Gasteiger partial charge on any atom is -0.454 e. The summed E-state index contributed by atoms with van der Waals surface area (Å²) in [5.41, 5.74) is 2.68. The van der Waals surface area contributed by atoms with Crippen LogP contribution in [0.3, 0.4) is 0 Å². The molecule has 1 atom stereocenters. The highest BCUT2D eigenvalue weighted by atomic mass is 16.5. The molecule has 0 radical (unpaired) electrons. The Bertz CT molecular complexity index is 1030. The van der Waals surface area contributed by atoms with Crippen molar-refractivity contribution in [3.05, 3.63) is 59.7 Å². The smallest absolute Gasteiger partial charge is 0.329 e. The fraction of sp³-hybridized carbons (Fsp3) is 0.360. The molecule has 3 amide bonds. The van der Waals surface area contributed by atoms with Crippen LogP contribution in [0, 0.1) is 12.8 Å². The van der Waals surface area contributed by atoms with Gasteiger partial charge >= 0.3 is 5.97 Å². The SMILES string of the molecule is Cc1ccc(C(=O)N[C@H](C(=O)OCC(=O)Nc2cccc(N3CCCC3=O)c2)C(C)C)cc1. The molecule has 1 saturated heterocycles. The Labute approximate surface area is 193 Å². The number of carbonyl (C=O) groups is 4.